The molecule has 3 heterocycles. The number of hydrogen-bond donors (Lipinski definition) is 2. The predicted molar refractivity (Wildman–Crippen MR) is 112 cm³/mol. The minimum Gasteiger partial charge on any atom is -0.375 e. The second-order valence-electron chi connectivity index (χ2n) is 5.83. The number of aromatic nitrogens is 4. The number of benzene rings is 1. The van der Waals surface area contributed by atoms with E-state index in [1.165, 1.54) is 29.2 Å². The normalized spacial score (nSPS) is 11.0. The summed E-state index contributed by atoms with van der Waals surface area (Å²) in [6, 6.07) is 9.42. The van der Waals surface area contributed by atoms with Gasteiger partial charge in [0, 0.05) is 28.6 Å². The molecule has 0 unspecified atom stereocenters. The number of urea groups is 1. The number of hydrogen-bond acceptors (Lipinski definition) is 8. The van der Waals surface area contributed by atoms with Gasteiger partial charge in [0.25, 0.3) is 5.56 Å². The average molecular weight is 449 g/mol. The molecular formula is C17H13ClN6O3S2. The Bertz CT molecular complexity index is 1230. The van der Waals surface area contributed by atoms with E-state index in [1.807, 2.05) is 0 Å². The van der Waals surface area contributed by atoms with Gasteiger partial charge < -0.3 is 9.84 Å². The molecule has 1 aromatic carbocycles. The molecule has 0 aliphatic heterocycles. The molecule has 0 saturated heterocycles. The molecule has 0 fully saturated rings. The summed E-state index contributed by atoms with van der Waals surface area (Å²) < 4.78 is 7.05. The lowest BCUT2D eigenvalue weighted by Crippen LogP contribution is -2.19. The molecule has 2 N–H and O–H groups in total. The van der Waals surface area contributed by atoms with Crippen molar-refractivity contribution in [2.45, 2.75) is 17.0 Å². The third kappa shape index (κ3) is 4.75. The maximum absolute atomic E-state index is 12.1. The number of anilines is 2. The van der Waals surface area contributed by atoms with E-state index in [1.54, 1.807) is 37.3 Å². The minimum atomic E-state index is -0.435. The molecule has 29 heavy (non-hydrogen) atoms. The van der Waals surface area contributed by atoms with Crippen molar-refractivity contribution in [1.29, 1.82) is 0 Å². The van der Waals surface area contributed by atoms with Crippen molar-refractivity contribution in [3.63, 3.8) is 0 Å². The number of rotatable bonds is 5. The van der Waals surface area contributed by atoms with Gasteiger partial charge in [0.2, 0.25) is 5.13 Å². The van der Waals surface area contributed by atoms with E-state index < -0.39 is 6.03 Å². The van der Waals surface area contributed by atoms with Gasteiger partial charge in [0.05, 0.1) is 5.69 Å². The summed E-state index contributed by atoms with van der Waals surface area (Å²) >= 11 is 8.41. The summed E-state index contributed by atoms with van der Waals surface area (Å²) in [6.07, 6.45) is 0. The number of nitrogens with zero attached hydrogens (tertiary/aromatic N) is 4. The van der Waals surface area contributed by atoms with Crippen LogP contribution >= 0.6 is 34.7 Å². The van der Waals surface area contributed by atoms with Gasteiger partial charge in [0.1, 0.15) is 5.76 Å². The molecule has 3 aromatic heterocycles. The molecule has 12 heteroatoms. The van der Waals surface area contributed by atoms with Crippen LogP contribution in [0.15, 0.2) is 50.1 Å². The van der Waals surface area contributed by atoms with E-state index in [-0.39, 0.29) is 5.56 Å². The van der Waals surface area contributed by atoms with Gasteiger partial charge >= 0.3 is 6.03 Å². The summed E-state index contributed by atoms with van der Waals surface area (Å²) in [4.78, 5) is 28.5. The predicted octanol–water partition coefficient (Wildman–Crippen LogP) is 4.04. The Morgan fingerprint density at radius 2 is 2.03 bits per heavy atom. The maximum Gasteiger partial charge on any atom is 0.325 e. The standard InChI is InChI=1S/C17H13ClN6O3S2/c1-9-6-13-19-12(7-14(25)24(13)27-9)8-28-17-23-22-16(29-17)21-15(26)20-11-4-2-10(18)3-5-11/h2-7H,8H2,1H3,(H2,20,21,22,26). The molecule has 148 valence electrons. The van der Waals surface area contributed by atoms with Gasteiger partial charge in [-0.05, 0) is 31.2 Å². The molecule has 0 spiro atoms. The lowest BCUT2D eigenvalue weighted by molar-refractivity contribution is 0.262. The smallest absolute Gasteiger partial charge is 0.325 e. The molecule has 9 nitrogen and oxygen atoms in total. The molecule has 0 bridgehead atoms. The van der Waals surface area contributed by atoms with E-state index >= 15 is 0 Å². The van der Waals surface area contributed by atoms with Crippen LogP contribution in [-0.2, 0) is 5.75 Å². The Kier molecular flexibility index (Phi) is 5.51. The summed E-state index contributed by atoms with van der Waals surface area (Å²) in [5.74, 6) is 1.04. The zero-order chi connectivity index (χ0) is 20.4. The first-order valence-electron chi connectivity index (χ1n) is 8.26. The third-order valence-electron chi connectivity index (χ3n) is 3.60. The number of halogens is 1. The van der Waals surface area contributed by atoms with Crippen molar-refractivity contribution < 1.29 is 9.32 Å². The molecule has 4 rings (SSSR count). The summed E-state index contributed by atoms with van der Waals surface area (Å²) in [6.45, 7) is 1.75. The lowest BCUT2D eigenvalue weighted by Gasteiger charge is -2.04. The van der Waals surface area contributed by atoms with Gasteiger partial charge in [-0.3, -0.25) is 10.1 Å². The summed E-state index contributed by atoms with van der Waals surface area (Å²) in [5.41, 5.74) is 1.39. The van der Waals surface area contributed by atoms with Crippen molar-refractivity contribution >= 4 is 57.2 Å². The quantitative estimate of drug-likeness (QED) is 0.349. The number of carbonyl (C=O) groups excluding carboxylic acids is 1. The Labute approximate surface area is 177 Å². The molecular weight excluding hydrogens is 436 g/mol. The first kappa shape index (κ1) is 19.4. The minimum absolute atomic E-state index is 0.280. The number of amides is 2. The van der Waals surface area contributed by atoms with Crippen molar-refractivity contribution in [2.75, 3.05) is 10.6 Å². The first-order chi connectivity index (χ1) is 14.0. The van der Waals surface area contributed by atoms with Crippen LogP contribution in [0.3, 0.4) is 0 Å². The highest BCUT2D eigenvalue weighted by atomic mass is 35.5. The fourth-order valence-corrected chi connectivity index (χ4v) is 4.16. The van der Waals surface area contributed by atoms with Gasteiger partial charge in [0.15, 0.2) is 9.99 Å². The van der Waals surface area contributed by atoms with E-state index in [9.17, 15) is 9.59 Å². The second-order valence-corrected chi connectivity index (χ2v) is 8.47. The highest BCUT2D eigenvalue weighted by Crippen LogP contribution is 2.28. The Hall–Kier alpha value is -2.89. The van der Waals surface area contributed by atoms with Crippen LogP contribution in [0.1, 0.15) is 11.5 Å². The first-order valence-corrected chi connectivity index (χ1v) is 10.4. The largest absolute Gasteiger partial charge is 0.375 e. The van der Waals surface area contributed by atoms with Gasteiger partial charge in [-0.25, -0.2) is 9.78 Å². The van der Waals surface area contributed by atoms with Crippen molar-refractivity contribution in [3.05, 3.63) is 63.2 Å². The third-order valence-corrected chi connectivity index (χ3v) is 5.85. The molecule has 4 aromatic rings. The van der Waals surface area contributed by atoms with Crippen LogP contribution < -0.4 is 16.2 Å². The number of nitrogens with one attached hydrogen (secondary N) is 2. The maximum atomic E-state index is 12.1. The van der Waals surface area contributed by atoms with Crippen LogP contribution in [0.5, 0.6) is 0 Å². The lowest BCUT2D eigenvalue weighted by atomic mass is 10.3. The Morgan fingerprint density at radius 3 is 2.83 bits per heavy atom. The number of fused-ring (bicyclic) bond motifs is 1. The Balaban J connectivity index is 1.36. The molecule has 0 atom stereocenters. The highest BCUT2D eigenvalue weighted by molar-refractivity contribution is 8.00. The highest BCUT2D eigenvalue weighted by Gasteiger charge is 2.11. The van der Waals surface area contributed by atoms with E-state index in [0.717, 1.165) is 4.57 Å². The number of aryl methyl sites for hydroxylation is 1. The zero-order valence-corrected chi connectivity index (χ0v) is 17.3. The second kappa shape index (κ2) is 8.23. The van der Waals surface area contributed by atoms with Crippen LogP contribution in [0.2, 0.25) is 5.02 Å². The zero-order valence-electron chi connectivity index (χ0n) is 14.9. The topological polar surface area (TPSA) is 114 Å². The fourth-order valence-electron chi connectivity index (χ4n) is 2.39. The molecule has 0 aliphatic rings. The molecule has 0 radical (unpaired) electrons. The van der Waals surface area contributed by atoms with Gasteiger partial charge in [-0.1, -0.05) is 34.7 Å². The van der Waals surface area contributed by atoms with Gasteiger partial charge in [-0.15, -0.1) is 14.8 Å². The monoisotopic (exact) mass is 448 g/mol. The summed E-state index contributed by atoms with van der Waals surface area (Å²) in [5, 5.41) is 14.2. The van der Waals surface area contributed by atoms with Crippen LogP contribution in [0.25, 0.3) is 5.65 Å². The van der Waals surface area contributed by atoms with Crippen LogP contribution in [0.4, 0.5) is 15.6 Å². The fraction of sp³-hybridized carbons (Fsp3) is 0.118. The van der Waals surface area contributed by atoms with Crippen LogP contribution in [-0.4, -0.2) is 25.8 Å². The SMILES string of the molecule is Cc1cc2nc(CSc3nnc(NC(=O)Nc4ccc(Cl)cc4)s3)cc(=O)n2o1. The molecule has 2 amide bonds. The van der Waals surface area contributed by atoms with Gasteiger partial charge in [-0.2, -0.15) is 0 Å². The van der Waals surface area contributed by atoms with E-state index in [2.05, 4.69) is 25.8 Å². The summed E-state index contributed by atoms with van der Waals surface area (Å²) in [7, 11) is 0. The average Bonchev–Trinajstić information content (AvgIpc) is 3.28. The van der Waals surface area contributed by atoms with E-state index in [4.69, 9.17) is 16.1 Å². The Morgan fingerprint density at radius 1 is 1.24 bits per heavy atom. The van der Waals surface area contributed by atoms with Crippen LogP contribution in [0, 0.1) is 6.92 Å². The van der Waals surface area contributed by atoms with Crippen molar-refractivity contribution in [2.24, 2.45) is 0 Å². The molecule has 0 aliphatic carbocycles. The number of thioether (sulfide) groups is 1. The number of carbonyl (C=O) groups is 1. The van der Waals surface area contributed by atoms with Crippen molar-refractivity contribution in [1.82, 2.24) is 19.8 Å². The van der Waals surface area contributed by atoms with E-state index in [0.29, 0.717) is 43.0 Å². The van der Waals surface area contributed by atoms with Crippen molar-refractivity contribution in [3.8, 4) is 0 Å². The molecule has 0 saturated carbocycles.